The molecule has 3 rings (SSSR count). The Balaban J connectivity index is 1.79. The topological polar surface area (TPSA) is 49.4 Å². The summed E-state index contributed by atoms with van der Waals surface area (Å²) in [6.45, 7) is 5.20. The van der Waals surface area contributed by atoms with Crippen LogP contribution in [0.2, 0.25) is 0 Å². The predicted molar refractivity (Wildman–Crippen MR) is 145 cm³/mol. The largest absolute Gasteiger partial charge is 0.354 e. The minimum absolute atomic E-state index is 0.0000346. The standard InChI is InChI=1S/C30H36N2O2S/c1-3-4-20-31-30(34)28(22-25-11-7-5-8-12-25)32(23-26-13-9-6-10-14-26)29(33)19-21-35-27-17-15-24(2)16-18-27/h5-18,28H,3-4,19-23H2,1-2H3,(H,31,34)/t28-/m1/s1. The van der Waals surface area contributed by atoms with Crippen molar-refractivity contribution >= 4 is 23.6 Å². The third-order valence-corrected chi connectivity index (χ3v) is 6.92. The van der Waals surface area contributed by atoms with Gasteiger partial charge in [-0.05, 0) is 36.6 Å². The molecule has 184 valence electrons. The Morgan fingerprint density at radius 2 is 1.51 bits per heavy atom. The average molecular weight is 489 g/mol. The molecule has 0 saturated carbocycles. The van der Waals surface area contributed by atoms with E-state index >= 15 is 0 Å². The molecule has 0 heterocycles. The fourth-order valence-corrected chi connectivity index (χ4v) is 4.72. The van der Waals surface area contributed by atoms with Crippen LogP contribution in [0.15, 0.2) is 89.8 Å². The van der Waals surface area contributed by atoms with Crippen molar-refractivity contribution in [2.75, 3.05) is 12.3 Å². The van der Waals surface area contributed by atoms with Crippen LogP contribution in [0.3, 0.4) is 0 Å². The summed E-state index contributed by atoms with van der Waals surface area (Å²) in [6.07, 6.45) is 2.79. The first-order valence-corrected chi connectivity index (χ1v) is 13.4. The number of carbonyl (C=O) groups is 2. The van der Waals surface area contributed by atoms with Crippen LogP contribution >= 0.6 is 11.8 Å². The lowest BCUT2D eigenvalue weighted by Gasteiger charge is -2.31. The number of carbonyl (C=O) groups excluding carboxylic acids is 2. The van der Waals surface area contributed by atoms with Gasteiger partial charge in [0.05, 0.1) is 0 Å². The summed E-state index contributed by atoms with van der Waals surface area (Å²) in [6, 6.07) is 27.7. The number of hydrogen-bond donors (Lipinski definition) is 1. The average Bonchev–Trinajstić information content (AvgIpc) is 2.88. The van der Waals surface area contributed by atoms with E-state index < -0.39 is 6.04 Å². The summed E-state index contributed by atoms with van der Waals surface area (Å²) >= 11 is 1.67. The van der Waals surface area contributed by atoms with Gasteiger partial charge in [-0.15, -0.1) is 11.8 Å². The maximum atomic E-state index is 13.6. The Morgan fingerprint density at radius 3 is 2.14 bits per heavy atom. The van der Waals surface area contributed by atoms with Crippen LogP contribution in [0.4, 0.5) is 0 Å². The summed E-state index contributed by atoms with van der Waals surface area (Å²) < 4.78 is 0. The fourth-order valence-electron chi connectivity index (χ4n) is 3.87. The highest BCUT2D eigenvalue weighted by Gasteiger charge is 2.30. The number of hydrogen-bond acceptors (Lipinski definition) is 3. The number of thioether (sulfide) groups is 1. The highest BCUT2D eigenvalue weighted by Crippen LogP contribution is 2.21. The van der Waals surface area contributed by atoms with Gasteiger partial charge in [0.25, 0.3) is 0 Å². The van der Waals surface area contributed by atoms with Gasteiger partial charge >= 0.3 is 0 Å². The van der Waals surface area contributed by atoms with Crippen molar-refractivity contribution in [2.24, 2.45) is 0 Å². The van der Waals surface area contributed by atoms with E-state index in [1.165, 1.54) is 5.56 Å². The lowest BCUT2D eigenvalue weighted by Crippen LogP contribution is -2.50. The van der Waals surface area contributed by atoms with Crippen LogP contribution in [0, 0.1) is 6.92 Å². The summed E-state index contributed by atoms with van der Waals surface area (Å²) in [4.78, 5) is 29.9. The van der Waals surface area contributed by atoms with E-state index in [1.807, 2.05) is 60.7 Å². The third-order valence-electron chi connectivity index (χ3n) is 5.90. The SMILES string of the molecule is CCCCNC(=O)[C@@H](Cc1ccccc1)N(Cc1ccccc1)C(=O)CCSc1ccc(C)cc1. The van der Waals surface area contributed by atoms with E-state index in [-0.39, 0.29) is 11.8 Å². The van der Waals surface area contributed by atoms with Crippen molar-refractivity contribution < 1.29 is 9.59 Å². The maximum Gasteiger partial charge on any atom is 0.243 e. The number of nitrogens with zero attached hydrogens (tertiary/aromatic N) is 1. The molecule has 3 aromatic rings. The van der Waals surface area contributed by atoms with Crippen LogP contribution in [0.5, 0.6) is 0 Å². The molecule has 0 aliphatic heterocycles. The van der Waals surface area contributed by atoms with Gasteiger partial charge < -0.3 is 10.2 Å². The second-order valence-electron chi connectivity index (χ2n) is 8.77. The molecule has 35 heavy (non-hydrogen) atoms. The van der Waals surface area contributed by atoms with E-state index in [9.17, 15) is 9.59 Å². The minimum Gasteiger partial charge on any atom is -0.354 e. The molecule has 0 radical (unpaired) electrons. The molecule has 0 saturated heterocycles. The second-order valence-corrected chi connectivity index (χ2v) is 9.94. The van der Waals surface area contributed by atoms with Crippen LogP contribution in [-0.4, -0.2) is 35.1 Å². The first-order chi connectivity index (χ1) is 17.1. The zero-order valence-corrected chi connectivity index (χ0v) is 21.6. The predicted octanol–water partition coefficient (Wildman–Crippen LogP) is 6.03. The van der Waals surface area contributed by atoms with Gasteiger partial charge in [0.15, 0.2) is 0 Å². The van der Waals surface area contributed by atoms with Gasteiger partial charge in [-0.1, -0.05) is 91.7 Å². The number of unbranched alkanes of at least 4 members (excludes halogenated alkanes) is 1. The Bertz CT molecular complexity index is 1040. The fraction of sp³-hybridized carbons (Fsp3) is 0.333. The highest BCUT2D eigenvalue weighted by atomic mass is 32.2. The molecule has 0 fully saturated rings. The second kappa shape index (κ2) is 14.4. The van der Waals surface area contributed by atoms with Gasteiger partial charge in [-0.3, -0.25) is 9.59 Å². The zero-order chi connectivity index (χ0) is 24.9. The number of benzene rings is 3. The van der Waals surface area contributed by atoms with Gasteiger partial charge in [0.1, 0.15) is 6.04 Å². The molecule has 4 nitrogen and oxygen atoms in total. The van der Waals surface area contributed by atoms with Crippen LogP contribution in [-0.2, 0) is 22.6 Å². The molecule has 1 N–H and O–H groups in total. The number of rotatable bonds is 13. The van der Waals surface area contributed by atoms with E-state index in [0.717, 1.165) is 28.9 Å². The first-order valence-electron chi connectivity index (χ1n) is 12.4. The normalized spacial score (nSPS) is 11.6. The molecular formula is C30H36N2O2S. The smallest absolute Gasteiger partial charge is 0.243 e. The van der Waals surface area contributed by atoms with Crippen LogP contribution < -0.4 is 5.32 Å². The Hall–Kier alpha value is -3.05. The van der Waals surface area contributed by atoms with E-state index in [4.69, 9.17) is 0 Å². The van der Waals surface area contributed by atoms with Crippen molar-refractivity contribution in [1.82, 2.24) is 10.2 Å². The number of aryl methyl sites for hydroxylation is 1. The Morgan fingerprint density at radius 1 is 0.886 bits per heavy atom. The van der Waals surface area contributed by atoms with E-state index in [2.05, 4.69) is 43.4 Å². The molecule has 1 atom stereocenters. The molecule has 0 aliphatic rings. The molecule has 0 spiro atoms. The summed E-state index contributed by atoms with van der Waals surface area (Å²) in [5.74, 6) is 0.584. The molecule has 0 unspecified atom stereocenters. The van der Waals surface area contributed by atoms with Crippen LogP contribution in [0.25, 0.3) is 0 Å². The number of amides is 2. The highest BCUT2D eigenvalue weighted by molar-refractivity contribution is 7.99. The monoisotopic (exact) mass is 488 g/mol. The molecule has 2 amide bonds. The van der Waals surface area contributed by atoms with Gasteiger partial charge in [-0.2, -0.15) is 0 Å². The lowest BCUT2D eigenvalue weighted by atomic mass is 10.0. The summed E-state index contributed by atoms with van der Waals surface area (Å²) in [5.41, 5.74) is 3.28. The zero-order valence-electron chi connectivity index (χ0n) is 20.8. The van der Waals surface area contributed by atoms with Crippen LogP contribution in [0.1, 0.15) is 42.9 Å². The maximum absolute atomic E-state index is 13.6. The van der Waals surface area contributed by atoms with Gasteiger partial charge in [0.2, 0.25) is 11.8 Å². The van der Waals surface area contributed by atoms with Crippen molar-refractivity contribution in [3.8, 4) is 0 Å². The molecular weight excluding hydrogens is 452 g/mol. The van der Waals surface area contributed by atoms with E-state index in [0.29, 0.717) is 31.7 Å². The minimum atomic E-state index is -0.564. The van der Waals surface area contributed by atoms with Gasteiger partial charge in [0, 0.05) is 36.6 Å². The Labute approximate surface area is 214 Å². The molecule has 0 aromatic heterocycles. The summed E-state index contributed by atoms with van der Waals surface area (Å²) in [7, 11) is 0. The molecule has 0 bridgehead atoms. The van der Waals surface area contributed by atoms with E-state index in [1.54, 1.807) is 16.7 Å². The summed E-state index contributed by atoms with van der Waals surface area (Å²) in [5, 5.41) is 3.07. The molecule has 5 heteroatoms. The third kappa shape index (κ3) is 8.91. The van der Waals surface area contributed by atoms with Crippen molar-refractivity contribution in [2.45, 2.75) is 57.0 Å². The van der Waals surface area contributed by atoms with Gasteiger partial charge in [-0.25, -0.2) is 0 Å². The lowest BCUT2D eigenvalue weighted by molar-refractivity contribution is -0.141. The first kappa shape index (κ1) is 26.6. The van der Waals surface area contributed by atoms with Crippen molar-refractivity contribution in [1.29, 1.82) is 0 Å². The Kier molecular flexibility index (Phi) is 10.9. The van der Waals surface area contributed by atoms with Crippen molar-refractivity contribution in [3.05, 3.63) is 102 Å². The number of nitrogens with one attached hydrogen (secondary N) is 1. The van der Waals surface area contributed by atoms with Crippen molar-refractivity contribution in [3.63, 3.8) is 0 Å². The molecule has 3 aromatic carbocycles. The molecule has 0 aliphatic carbocycles. The quantitative estimate of drug-likeness (QED) is 0.236.